The lowest BCUT2D eigenvalue weighted by molar-refractivity contribution is -0.137. The third-order valence-corrected chi connectivity index (χ3v) is 7.87. The summed E-state index contributed by atoms with van der Waals surface area (Å²) in [6, 6.07) is 13.9. The highest BCUT2D eigenvalue weighted by molar-refractivity contribution is 5.97. The van der Waals surface area contributed by atoms with Crippen LogP contribution in [0.5, 0.6) is 0 Å². The second kappa shape index (κ2) is 13.4. The van der Waals surface area contributed by atoms with Gasteiger partial charge >= 0.3 is 6.18 Å². The third kappa shape index (κ3) is 7.91. The number of ketones is 1. The van der Waals surface area contributed by atoms with E-state index in [1.54, 1.807) is 0 Å². The minimum Gasteiger partial charge on any atom is -0.345 e. The average molecular weight is 559 g/mol. The number of likely N-dealkylation sites (tertiary alicyclic amines) is 1. The SMILES string of the molecule is CCC(CN1CCN(C(=O)c2ccccc2)CC1)N1CC[C@@H](CC(=O)CNC(=O)c2cccc(C(F)(F)F)c2)C1. The van der Waals surface area contributed by atoms with Crippen LogP contribution in [0.15, 0.2) is 54.6 Å². The van der Waals surface area contributed by atoms with Crippen LogP contribution in [-0.4, -0.2) is 90.7 Å². The Labute approximate surface area is 233 Å². The molecule has 1 unspecified atom stereocenters. The Balaban J connectivity index is 1.19. The molecule has 0 saturated carbocycles. The molecule has 0 aliphatic carbocycles. The highest BCUT2D eigenvalue weighted by atomic mass is 19.4. The van der Waals surface area contributed by atoms with Gasteiger partial charge in [-0.05, 0) is 55.6 Å². The maximum Gasteiger partial charge on any atom is 0.416 e. The van der Waals surface area contributed by atoms with E-state index in [1.165, 1.54) is 12.1 Å². The van der Waals surface area contributed by atoms with Crippen LogP contribution in [0.4, 0.5) is 13.2 Å². The maximum absolute atomic E-state index is 12.9. The first-order valence-corrected chi connectivity index (χ1v) is 13.9. The summed E-state index contributed by atoms with van der Waals surface area (Å²) >= 11 is 0. The van der Waals surface area contributed by atoms with E-state index >= 15 is 0 Å². The lowest BCUT2D eigenvalue weighted by Gasteiger charge is -2.38. The Morgan fingerprint density at radius 1 is 0.950 bits per heavy atom. The number of hydrogen-bond donors (Lipinski definition) is 1. The monoisotopic (exact) mass is 558 g/mol. The summed E-state index contributed by atoms with van der Waals surface area (Å²) in [7, 11) is 0. The van der Waals surface area contributed by atoms with Crippen molar-refractivity contribution in [2.45, 2.75) is 38.4 Å². The van der Waals surface area contributed by atoms with Crippen LogP contribution < -0.4 is 5.32 Å². The van der Waals surface area contributed by atoms with E-state index in [1.807, 2.05) is 35.2 Å². The molecule has 0 spiro atoms. The number of carbonyl (C=O) groups is 3. The summed E-state index contributed by atoms with van der Waals surface area (Å²) in [5.41, 5.74) is -0.300. The Morgan fingerprint density at radius 3 is 2.33 bits per heavy atom. The molecule has 216 valence electrons. The van der Waals surface area contributed by atoms with Crippen molar-refractivity contribution in [1.29, 1.82) is 0 Å². The van der Waals surface area contributed by atoms with Gasteiger partial charge in [-0.25, -0.2) is 0 Å². The van der Waals surface area contributed by atoms with Crippen molar-refractivity contribution >= 4 is 17.6 Å². The molecule has 2 aromatic carbocycles. The van der Waals surface area contributed by atoms with Gasteiger partial charge in [0.15, 0.2) is 5.78 Å². The zero-order valence-corrected chi connectivity index (χ0v) is 22.8. The third-order valence-electron chi connectivity index (χ3n) is 7.87. The van der Waals surface area contributed by atoms with Crippen LogP contribution in [-0.2, 0) is 11.0 Å². The van der Waals surface area contributed by atoms with E-state index in [2.05, 4.69) is 22.0 Å². The first kappa shape index (κ1) is 29.7. The van der Waals surface area contributed by atoms with Crippen molar-refractivity contribution < 1.29 is 27.6 Å². The van der Waals surface area contributed by atoms with E-state index < -0.39 is 17.6 Å². The molecule has 4 rings (SSSR count). The molecule has 7 nitrogen and oxygen atoms in total. The number of Topliss-reactive ketones (excluding diaryl/α,β-unsaturated/α-hetero) is 1. The van der Waals surface area contributed by atoms with Crippen molar-refractivity contribution in [2.24, 2.45) is 5.92 Å². The summed E-state index contributed by atoms with van der Waals surface area (Å²) in [5, 5.41) is 2.47. The second-order valence-corrected chi connectivity index (χ2v) is 10.7. The highest BCUT2D eigenvalue weighted by Crippen LogP contribution is 2.29. The zero-order chi connectivity index (χ0) is 28.7. The maximum atomic E-state index is 12.9. The largest absolute Gasteiger partial charge is 0.416 e. The van der Waals surface area contributed by atoms with Gasteiger partial charge in [-0.2, -0.15) is 13.2 Å². The van der Waals surface area contributed by atoms with Crippen LogP contribution in [0, 0.1) is 5.92 Å². The molecule has 40 heavy (non-hydrogen) atoms. The topological polar surface area (TPSA) is 73.0 Å². The first-order valence-electron chi connectivity index (χ1n) is 13.9. The van der Waals surface area contributed by atoms with E-state index in [-0.39, 0.29) is 29.7 Å². The number of alkyl halides is 3. The molecule has 2 atom stereocenters. The summed E-state index contributed by atoms with van der Waals surface area (Å²) in [6.07, 6.45) is -2.33. The van der Waals surface area contributed by atoms with Crippen molar-refractivity contribution in [3.63, 3.8) is 0 Å². The molecular formula is C30H37F3N4O3. The molecule has 2 aromatic rings. The molecular weight excluding hydrogens is 521 g/mol. The van der Waals surface area contributed by atoms with Crippen LogP contribution >= 0.6 is 0 Å². The fourth-order valence-corrected chi connectivity index (χ4v) is 5.57. The van der Waals surface area contributed by atoms with Crippen molar-refractivity contribution in [1.82, 2.24) is 20.0 Å². The fourth-order valence-electron chi connectivity index (χ4n) is 5.57. The molecule has 1 N–H and O–H groups in total. The lowest BCUT2D eigenvalue weighted by atomic mass is 10.0. The normalized spacial score (nSPS) is 19.4. The molecule has 0 bridgehead atoms. The smallest absolute Gasteiger partial charge is 0.345 e. The molecule has 0 aromatic heterocycles. The summed E-state index contributed by atoms with van der Waals surface area (Å²) < 4.78 is 38.7. The van der Waals surface area contributed by atoms with Gasteiger partial charge in [0.1, 0.15) is 0 Å². The molecule has 2 fully saturated rings. The van der Waals surface area contributed by atoms with Gasteiger partial charge in [-0.15, -0.1) is 0 Å². The summed E-state index contributed by atoms with van der Waals surface area (Å²) in [4.78, 5) is 44.3. The molecule has 2 aliphatic heterocycles. The molecule has 2 aliphatic rings. The standard InChI is InChI=1S/C30H37F3N4O3/c1-2-26(21-35-13-15-36(16-14-35)29(40)23-7-4-3-5-8-23)37-12-11-22(20-37)17-27(38)19-34-28(39)24-9-6-10-25(18-24)30(31,32)33/h3-10,18,22,26H,2,11-17,19-21H2,1H3,(H,34,39)/t22-,26?/m0/s1. The molecule has 0 radical (unpaired) electrons. The fraction of sp³-hybridized carbons (Fsp3) is 0.500. The molecule has 2 saturated heterocycles. The van der Waals surface area contributed by atoms with E-state index in [0.717, 1.165) is 63.3 Å². The Hall–Kier alpha value is -3.24. The molecule has 2 amide bonds. The number of rotatable bonds is 10. The van der Waals surface area contributed by atoms with Gasteiger partial charge in [0.05, 0.1) is 12.1 Å². The van der Waals surface area contributed by atoms with Gasteiger partial charge < -0.3 is 10.2 Å². The Morgan fingerprint density at radius 2 is 1.65 bits per heavy atom. The van der Waals surface area contributed by atoms with Crippen molar-refractivity contribution in [3.05, 3.63) is 71.3 Å². The summed E-state index contributed by atoms with van der Waals surface area (Å²) in [6.45, 7) is 7.65. The average Bonchev–Trinajstić information content (AvgIpc) is 3.42. The number of nitrogens with one attached hydrogen (secondary N) is 1. The van der Waals surface area contributed by atoms with E-state index in [0.29, 0.717) is 25.6 Å². The van der Waals surface area contributed by atoms with Crippen LogP contribution in [0.2, 0.25) is 0 Å². The van der Waals surface area contributed by atoms with Gasteiger partial charge in [0.2, 0.25) is 0 Å². The highest BCUT2D eigenvalue weighted by Gasteiger charge is 2.32. The second-order valence-electron chi connectivity index (χ2n) is 10.7. The number of amides is 2. The van der Waals surface area contributed by atoms with Gasteiger partial charge in [0, 0.05) is 62.9 Å². The number of piperazine rings is 1. The first-order chi connectivity index (χ1) is 19.1. The predicted octanol–water partition coefficient (Wildman–Crippen LogP) is 3.95. The van der Waals surface area contributed by atoms with Crippen LogP contribution in [0.25, 0.3) is 0 Å². The van der Waals surface area contributed by atoms with E-state index in [4.69, 9.17) is 0 Å². The number of carbonyl (C=O) groups excluding carboxylic acids is 3. The van der Waals surface area contributed by atoms with Gasteiger partial charge in [0.25, 0.3) is 11.8 Å². The zero-order valence-electron chi connectivity index (χ0n) is 22.8. The number of nitrogens with zero attached hydrogens (tertiary/aromatic N) is 3. The summed E-state index contributed by atoms with van der Waals surface area (Å²) in [5.74, 6) is -0.554. The minimum atomic E-state index is -4.54. The Kier molecular flexibility index (Phi) is 9.97. The number of halogens is 3. The van der Waals surface area contributed by atoms with Gasteiger partial charge in [-0.3, -0.25) is 24.2 Å². The van der Waals surface area contributed by atoms with Crippen LogP contribution in [0.3, 0.4) is 0 Å². The van der Waals surface area contributed by atoms with Crippen molar-refractivity contribution in [3.8, 4) is 0 Å². The van der Waals surface area contributed by atoms with E-state index in [9.17, 15) is 27.6 Å². The van der Waals surface area contributed by atoms with Crippen molar-refractivity contribution in [2.75, 3.05) is 52.4 Å². The number of hydrogen-bond acceptors (Lipinski definition) is 5. The van der Waals surface area contributed by atoms with Crippen LogP contribution in [0.1, 0.15) is 52.5 Å². The lowest BCUT2D eigenvalue weighted by Crippen LogP contribution is -2.52. The number of benzene rings is 2. The van der Waals surface area contributed by atoms with Gasteiger partial charge in [-0.1, -0.05) is 31.2 Å². The minimum absolute atomic E-state index is 0.0744. The quantitative estimate of drug-likeness (QED) is 0.478. The Bertz CT molecular complexity index is 1170. The molecule has 2 heterocycles. The predicted molar refractivity (Wildman–Crippen MR) is 146 cm³/mol. The molecule has 10 heteroatoms.